The lowest BCUT2D eigenvalue weighted by Gasteiger charge is -2.19. The first kappa shape index (κ1) is 15.4. The summed E-state index contributed by atoms with van der Waals surface area (Å²) >= 11 is 0. The van der Waals surface area contributed by atoms with E-state index in [1.807, 2.05) is 6.92 Å². The maximum Gasteiger partial charge on any atom is 0.338 e. The first-order chi connectivity index (χ1) is 8.99. The van der Waals surface area contributed by atoms with Crippen LogP contribution in [0.5, 0.6) is 0 Å². The van der Waals surface area contributed by atoms with E-state index in [1.54, 1.807) is 0 Å². The van der Waals surface area contributed by atoms with E-state index in [2.05, 4.69) is 12.2 Å². The second kappa shape index (κ2) is 7.07. The molecule has 3 nitrogen and oxygen atoms in total. The second-order valence-corrected chi connectivity index (χ2v) is 4.51. The Morgan fingerprint density at radius 2 is 2.00 bits per heavy atom. The number of benzene rings is 1. The molecule has 0 amide bonds. The van der Waals surface area contributed by atoms with E-state index < -0.39 is 23.2 Å². The van der Waals surface area contributed by atoms with Crippen LogP contribution in [0, 0.1) is 11.6 Å². The zero-order chi connectivity index (χ0) is 14.4. The van der Waals surface area contributed by atoms with Gasteiger partial charge in [0.25, 0.3) is 0 Å². The molecule has 0 heterocycles. The molecule has 1 rings (SSSR count). The summed E-state index contributed by atoms with van der Waals surface area (Å²) in [6.07, 6.45) is 3.69. The van der Waals surface area contributed by atoms with E-state index in [9.17, 15) is 13.6 Å². The quantitative estimate of drug-likeness (QED) is 0.786. The third-order valence-electron chi connectivity index (χ3n) is 3.05. The van der Waals surface area contributed by atoms with Gasteiger partial charge in [-0.3, -0.25) is 0 Å². The fourth-order valence-electron chi connectivity index (χ4n) is 1.87. The Labute approximate surface area is 111 Å². The molecule has 5 heteroatoms. The molecule has 106 valence electrons. The maximum atomic E-state index is 13.6. The van der Waals surface area contributed by atoms with E-state index in [0.717, 1.165) is 31.7 Å². The van der Waals surface area contributed by atoms with Gasteiger partial charge in [0.2, 0.25) is 0 Å². The zero-order valence-electron chi connectivity index (χ0n) is 11.2. The minimum Gasteiger partial charge on any atom is -0.478 e. The van der Waals surface area contributed by atoms with Crippen LogP contribution in [0.15, 0.2) is 12.1 Å². The molecule has 1 atom stereocenters. The van der Waals surface area contributed by atoms with Gasteiger partial charge in [0, 0.05) is 12.1 Å². The first-order valence-corrected chi connectivity index (χ1v) is 6.48. The van der Waals surface area contributed by atoms with Gasteiger partial charge in [-0.05, 0) is 18.9 Å². The number of unbranched alkanes of at least 4 members (excludes halogenated alkanes) is 1. The summed E-state index contributed by atoms with van der Waals surface area (Å²) in [5.74, 6) is -3.23. The van der Waals surface area contributed by atoms with Crippen molar-refractivity contribution < 1.29 is 18.7 Å². The Morgan fingerprint density at radius 1 is 1.32 bits per heavy atom. The van der Waals surface area contributed by atoms with Crippen molar-refractivity contribution >= 4 is 11.7 Å². The van der Waals surface area contributed by atoms with Crippen LogP contribution < -0.4 is 5.32 Å². The van der Waals surface area contributed by atoms with Crippen molar-refractivity contribution in [3.8, 4) is 0 Å². The number of aromatic carboxylic acids is 1. The van der Waals surface area contributed by atoms with Crippen LogP contribution >= 0.6 is 0 Å². The van der Waals surface area contributed by atoms with Gasteiger partial charge in [0.1, 0.15) is 11.6 Å². The number of halogens is 2. The predicted molar refractivity (Wildman–Crippen MR) is 70.5 cm³/mol. The van der Waals surface area contributed by atoms with Gasteiger partial charge in [0.05, 0.1) is 11.3 Å². The van der Waals surface area contributed by atoms with Gasteiger partial charge in [-0.25, -0.2) is 13.6 Å². The molecular formula is C14H19F2NO2. The average Bonchev–Trinajstić information content (AvgIpc) is 2.36. The summed E-state index contributed by atoms with van der Waals surface area (Å²) in [6, 6.07) is 1.68. The number of carbonyl (C=O) groups is 1. The number of carboxylic acid groups (broad SMARTS) is 1. The maximum absolute atomic E-state index is 13.6. The third-order valence-corrected chi connectivity index (χ3v) is 3.05. The number of hydrogen-bond acceptors (Lipinski definition) is 2. The smallest absolute Gasteiger partial charge is 0.338 e. The molecule has 1 aromatic rings. The Morgan fingerprint density at radius 3 is 2.53 bits per heavy atom. The molecule has 0 aliphatic carbocycles. The predicted octanol–water partition coefficient (Wildman–Crippen LogP) is 4.04. The van der Waals surface area contributed by atoms with Crippen LogP contribution in [0.4, 0.5) is 14.5 Å². The number of nitrogens with one attached hydrogen (secondary N) is 1. The highest BCUT2D eigenvalue weighted by atomic mass is 19.1. The monoisotopic (exact) mass is 271 g/mol. The van der Waals surface area contributed by atoms with Gasteiger partial charge in [-0.1, -0.05) is 26.7 Å². The van der Waals surface area contributed by atoms with Crippen LogP contribution in [0.2, 0.25) is 0 Å². The normalized spacial score (nSPS) is 12.2. The summed E-state index contributed by atoms with van der Waals surface area (Å²) in [4.78, 5) is 10.8. The van der Waals surface area contributed by atoms with Crippen LogP contribution in [0.3, 0.4) is 0 Å². The number of anilines is 1. The van der Waals surface area contributed by atoms with Crippen LogP contribution in [0.1, 0.15) is 49.9 Å². The first-order valence-electron chi connectivity index (χ1n) is 6.48. The van der Waals surface area contributed by atoms with Crippen LogP contribution in [-0.2, 0) is 0 Å². The molecule has 0 spiro atoms. The zero-order valence-corrected chi connectivity index (χ0v) is 11.2. The van der Waals surface area contributed by atoms with Crippen molar-refractivity contribution in [2.24, 2.45) is 0 Å². The van der Waals surface area contributed by atoms with E-state index in [0.29, 0.717) is 6.07 Å². The van der Waals surface area contributed by atoms with E-state index in [1.165, 1.54) is 0 Å². The standard InChI is InChI=1S/C14H19F2NO2/c1-3-5-6-9(4-2)17-13-7-10(14(18)19)11(15)8-12(13)16/h7-9,17H,3-6H2,1-2H3,(H,18,19). The molecule has 0 aromatic heterocycles. The van der Waals surface area contributed by atoms with Crippen LogP contribution in [-0.4, -0.2) is 17.1 Å². The summed E-state index contributed by atoms with van der Waals surface area (Å²) in [6.45, 7) is 4.03. The highest BCUT2D eigenvalue weighted by Gasteiger charge is 2.16. The van der Waals surface area contributed by atoms with Crippen molar-refractivity contribution in [2.45, 2.75) is 45.6 Å². The molecule has 0 saturated heterocycles. The lowest BCUT2D eigenvalue weighted by molar-refractivity contribution is 0.0692. The highest BCUT2D eigenvalue weighted by Crippen LogP contribution is 2.22. The lowest BCUT2D eigenvalue weighted by Crippen LogP contribution is -2.19. The highest BCUT2D eigenvalue weighted by molar-refractivity contribution is 5.89. The SMILES string of the molecule is CCCCC(CC)Nc1cc(C(=O)O)c(F)cc1F. The van der Waals surface area contributed by atoms with Gasteiger partial charge >= 0.3 is 5.97 Å². The molecule has 19 heavy (non-hydrogen) atoms. The molecule has 0 aliphatic heterocycles. The van der Waals surface area contributed by atoms with E-state index >= 15 is 0 Å². The van der Waals surface area contributed by atoms with Gasteiger partial charge in [-0.2, -0.15) is 0 Å². The Hall–Kier alpha value is -1.65. The Kier molecular flexibility index (Phi) is 5.73. The molecule has 0 fully saturated rings. The fourth-order valence-corrected chi connectivity index (χ4v) is 1.87. The van der Waals surface area contributed by atoms with Crippen molar-refractivity contribution in [3.05, 3.63) is 29.3 Å². The molecule has 1 unspecified atom stereocenters. The summed E-state index contributed by atoms with van der Waals surface area (Å²) in [5.41, 5.74) is -0.476. The molecule has 2 N–H and O–H groups in total. The summed E-state index contributed by atoms with van der Waals surface area (Å²) < 4.78 is 26.9. The van der Waals surface area contributed by atoms with Gasteiger partial charge in [0.15, 0.2) is 0 Å². The van der Waals surface area contributed by atoms with Gasteiger partial charge in [-0.15, -0.1) is 0 Å². The second-order valence-electron chi connectivity index (χ2n) is 4.51. The molecule has 0 saturated carbocycles. The molecule has 0 bridgehead atoms. The number of rotatable bonds is 7. The Bertz CT molecular complexity index is 449. The van der Waals surface area contributed by atoms with Crippen LogP contribution in [0.25, 0.3) is 0 Å². The minimum absolute atomic E-state index is 0.0433. The molecule has 1 aromatic carbocycles. The summed E-state index contributed by atoms with van der Waals surface area (Å²) in [7, 11) is 0. The Balaban J connectivity index is 2.93. The fraction of sp³-hybridized carbons (Fsp3) is 0.500. The van der Waals surface area contributed by atoms with E-state index in [-0.39, 0.29) is 11.7 Å². The van der Waals surface area contributed by atoms with Crippen molar-refractivity contribution in [1.82, 2.24) is 0 Å². The lowest BCUT2D eigenvalue weighted by atomic mass is 10.1. The number of carboxylic acids is 1. The topological polar surface area (TPSA) is 49.3 Å². The van der Waals surface area contributed by atoms with Crippen molar-refractivity contribution in [2.75, 3.05) is 5.32 Å². The van der Waals surface area contributed by atoms with Gasteiger partial charge < -0.3 is 10.4 Å². The minimum atomic E-state index is -1.40. The average molecular weight is 271 g/mol. The third kappa shape index (κ3) is 4.19. The van der Waals surface area contributed by atoms with Crippen molar-refractivity contribution in [3.63, 3.8) is 0 Å². The molecule has 0 radical (unpaired) electrons. The largest absolute Gasteiger partial charge is 0.478 e. The molecule has 0 aliphatic rings. The molecular weight excluding hydrogens is 252 g/mol. The van der Waals surface area contributed by atoms with Crippen molar-refractivity contribution in [1.29, 1.82) is 0 Å². The number of hydrogen-bond donors (Lipinski definition) is 2. The van der Waals surface area contributed by atoms with E-state index in [4.69, 9.17) is 5.11 Å². The summed E-state index contributed by atoms with van der Waals surface area (Å²) in [5, 5.41) is 11.8.